The van der Waals surface area contributed by atoms with Crippen LogP contribution in [0.3, 0.4) is 0 Å². The zero-order valence-electron chi connectivity index (χ0n) is 13.7. The highest BCUT2D eigenvalue weighted by molar-refractivity contribution is 5.40. The first-order valence-corrected chi connectivity index (χ1v) is 8.36. The number of likely N-dealkylation sites (tertiary alicyclic amines) is 1. The number of hydrogen-bond donors (Lipinski definition) is 1. The van der Waals surface area contributed by atoms with E-state index in [-0.39, 0.29) is 11.9 Å². The second-order valence-corrected chi connectivity index (χ2v) is 7.07. The molecule has 0 aromatic heterocycles. The summed E-state index contributed by atoms with van der Waals surface area (Å²) in [6.07, 6.45) is 3.89. The van der Waals surface area contributed by atoms with E-state index in [0.717, 1.165) is 25.8 Å². The minimum atomic E-state index is -0.721. The number of aliphatic hydroxyl groups excluding tert-OH is 1. The fourth-order valence-corrected chi connectivity index (χ4v) is 4.15. The molecular weight excluding hydrogens is 281 g/mol. The molecular formula is C18H26FNO2. The molecule has 0 radical (unpaired) electrons. The van der Waals surface area contributed by atoms with Crippen LogP contribution in [0.15, 0.2) is 18.2 Å². The summed E-state index contributed by atoms with van der Waals surface area (Å²) in [7, 11) is 0. The van der Waals surface area contributed by atoms with Gasteiger partial charge in [0.1, 0.15) is 23.3 Å². The summed E-state index contributed by atoms with van der Waals surface area (Å²) in [5.41, 5.74) is 0.0689. The smallest absolute Gasteiger partial charge is 0.126 e. The van der Waals surface area contributed by atoms with Gasteiger partial charge < -0.3 is 9.84 Å². The van der Waals surface area contributed by atoms with Gasteiger partial charge in [-0.1, -0.05) is 13.3 Å². The van der Waals surface area contributed by atoms with E-state index in [2.05, 4.69) is 11.8 Å². The first kappa shape index (κ1) is 15.8. The van der Waals surface area contributed by atoms with Crippen LogP contribution < -0.4 is 4.74 Å². The SMILES string of the molecule is CCC1CCCCN1C1C(O)c2cc(F)ccc2OC1(C)C. The number of halogens is 1. The summed E-state index contributed by atoms with van der Waals surface area (Å²) >= 11 is 0. The molecule has 0 saturated carbocycles. The molecule has 122 valence electrons. The molecule has 1 aromatic carbocycles. The Hall–Kier alpha value is -1.13. The molecule has 0 bridgehead atoms. The molecule has 0 aliphatic carbocycles. The summed E-state index contributed by atoms with van der Waals surface area (Å²) in [6.45, 7) is 7.21. The van der Waals surface area contributed by atoms with E-state index in [4.69, 9.17) is 4.74 Å². The molecule has 2 aliphatic rings. The van der Waals surface area contributed by atoms with E-state index in [1.54, 1.807) is 6.07 Å². The Morgan fingerprint density at radius 1 is 1.36 bits per heavy atom. The van der Waals surface area contributed by atoms with Crippen LogP contribution in [0.25, 0.3) is 0 Å². The highest BCUT2D eigenvalue weighted by atomic mass is 19.1. The molecule has 2 heterocycles. The predicted molar refractivity (Wildman–Crippen MR) is 84.5 cm³/mol. The van der Waals surface area contributed by atoms with Crippen LogP contribution in [0, 0.1) is 5.82 Å². The van der Waals surface area contributed by atoms with Crippen molar-refractivity contribution in [3.8, 4) is 5.75 Å². The van der Waals surface area contributed by atoms with Crippen LogP contribution in [0.2, 0.25) is 0 Å². The zero-order chi connectivity index (χ0) is 15.9. The van der Waals surface area contributed by atoms with Crippen molar-refractivity contribution < 1.29 is 14.2 Å². The van der Waals surface area contributed by atoms with Gasteiger partial charge >= 0.3 is 0 Å². The average molecular weight is 307 g/mol. The molecule has 3 nitrogen and oxygen atoms in total. The average Bonchev–Trinajstić information content (AvgIpc) is 2.48. The van der Waals surface area contributed by atoms with E-state index in [9.17, 15) is 9.50 Å². The fraction of sp³-hybridized carbons (Fsp3) is 0.667. The topological polar surface area (TPSA) is 32.7 Å². The van der Waals surface area contributed by atoms with E-state index < -0.39 is 11.7 Å². The number of ether oxygens (including phenoxy) is 1. The Bertz CT molecular complexity index is 546. The van der Waals surface area contributed by atoms with Crippen LogP contribution in [-0.4, -0.2) is 34.2 Å². The monoisotopic (exact) mass is 307 g/mol. The zero-order valence-corrected chi connectivity index (χ0v) is 13.7. The molecule has 1 N–H and O–H groups in total. The van der Waals surface area contributed by atoms with Crippen LogP contribution in [0.4, 0.5) is 4.39 Å². The number of rotatable bonds is 2. The van der Waals surface area contributed by atoms with Crippen molar-refractivity contribution in [1.82, 2.24) is 4.90 Å². The second kappa shape index (κ2) is 5.82. The molecule has 3 unspecified atom stereocenters. The van der Waals surface area contributed by atoms with Crippen molar-refractivity contribution >= 4 is 0 Å². The van der Waals surface area contributed by atoms with Gasteiger partial charge in [0.25, 0.3) is 0 Å². The summed E-state index contributed by atoms with van der Waals surface area (Å²) in [4.78, 5) is 2.39. The van der Waals surface area contributed by atoms with Gasteiger partial charge in [0.2, 0.25) is 0 Å². The minimum Gasteiger partial charge on any atom is -0.486 e. The maximum atomic E-state index is 13.6. The van der Waals surface area contributed by atoms with Gasteiger partial charge in [-0.2, -0.15) is 0 Å². The lowest BCUT2D eigenvalue weighted by atomic mass is 9.82. The Morgan fingerprint density at radius 3 is 2.86 bits per heavy atom. The lowest BCUT2D eigenvalue weighted by Gasteiger charge is -2.51. The molecule has 2 aliphatic heterocycles. The van der Waals surface area contributed by atoms with Crippen LogP contribution >= 0.6 is 0 Å². The highest BCUT2D eigenvalue weighted by Crippen LogP contribution is 2.44. The number of benzene rings is 1. The predicted octanol–water partition coefficient (Wildman–Crippen LogP) is 3.66. The Labute approximate surface area is 132 Å². The molecule has 4 heteroatoms. The Morgan fingerprint density at radius 2 is 2.14 bits per heavy atom. The largest absolute Gasteiger partial charge is 0.486 e. The third-order valence-electron chi connectivity index (χ3n) is 5.18. The maximum absolute atomic E-state index is 13.6. The minimum absolute atomic E-state index is 0.146. The normalized spacial score (nSPS) is 31.4. The molecule has 0 spiro atoms. The summed E-state index contributed by atoms with van der Waals surface area (Å²) in [5, 5.41) is 11.0. The van der Waals surface area contributed by atoms with Gasteiger partial charge in [-0.25, -0.2) is 4.39 Å². The number of fused-ring (bicyclic) bond motifs is 1. The van der Waals surface area contributed by atoms with Gasteiger partial charge in [-0.3, -0.25) is 4.90 Å². The lowest BCUT2D eigenvalue weighted by Crippen LogP contribution is -2.61. The number of piperidine rings is 1. The molecule has 22 heavy (non-hydrogen) atoms. The Kier molecular flexibility index (Phi) is 4.17. The van der Waals surface area contributed by atoms with E-state index >= 15 is 0 Å². The van der Waals surface area contributed by atoms with Crippen molar-refractivity contribution in [3.63, 3.8) is 0 Å². The van der Waals surface area contributed by atoms with Crippen molar-refractivity contribution in [2.75, 3.05) is 6.54 Å². The van der Waals surface area contributed by atoms with Gasteiger partial charge in [-0.05, 0) is 57.9 Å². The maximum Gasteiger partial charge on any atom is 0.126 e. The fourth-order valence-electron chi connectivity index (χ4n) is 4.15. The first-order chi connectivity index (χ1) is 10.4. The summed E-state index contributed by atoms with van der Waals surface area (Å²) in [6, 6.07) is 4.74. The van der Waals surface area contributed by atoms with Crippen molar-refractivity contribution in [2.45, 2.75) is 70.2 Å². The standard InChI is InChI=1S/C18H26FNO2/c1-4-13-7-5-6-10-20(13)17-16(21)14-11-12(19)8-9-15(14)22-18(17,2)3/h8-9,11,13,16-17,21H,4-7,10H2,1-3H3. The second-order valence-electron chi connectivity index (χ2n) is 7.07. The third kappa shape index (κ3) is 2.63. The highest BCUT2D eigenvalue weighted by Gasteiger charge is 2.48. The van der Waals surface area contributed by atoms with Gasteiger partial charge in [0, 0.05) is 11.6 Å². The Balaban J connectivity index is 1.99. The van der Waals surface area contributed by atoms with Crippen molar-refractivity contribution in [1.29, 1.82) is 0 Å². The quantitative estimate of drug-likeness (QED) is 0.905. The summed E-state index contributed by atoms with van der Waals surface area (Å²) < 4.78 is 19.7. The van der Waals surface area contributed by atoms with E-state index in [1.807, 2.05) is 13.8 Å². The van der Waals surface area contributed by atoms with E-state index in [1.165, 1.54) is 18.6 Å². The number of nitrogens with zero attached hydrogens (tertiary/aromatic N) is 1. The summed E-state index contributed by atoms with van der Waals surface area (Å²) in [5.74, 6) is 0.269. The molecule has 3 rings (SSSR count). The van der Waals surface area contributed by atoms with E-state index in [0.29, 0.717) is 17.4 Å². The lowest BCUT2D eigenvalue weighted by molar-refractivity contribution is -0.103. The molecule has 1 fully saturated rings. The van der Waals surface area contributed by atoms with Crippen LogP contribution in [0.5, 0.6) is 5.75 Å². The third-order valence-corrected chi connectivity index (χ3v) is 5.18. The van der Waals surface area contributed by atoms with Crippen molar-refractivity contribution in [3.05, 3.63) is 29.6 Å². The van der Waals surface area contributed by atoms with Crippen molar-refractivity contribution in [2.24, 2.45) is 0 Å². The van der Waals surface area contributed by atoms with Crippen LogP contribution in [0.1, 0.15) is 58.1 Å². The molecule has 3 atom stereocenters. The molecule has 1 saturated heterocycles. The van der Waals surface area contributed by atoms with Gasteiger partial charge in [0.15, 0.2) is 0 Å². The van der Waals surface area contributed by atoms with Gasteiger partial charge in [0.05, 0.1) is 6.04 Å². The van der Waals surface area contributed by atoms with Crippen LogP contribution in [-0.2, 0) is 0 Å². The number of aliphatic hydroxyl groups is 1. The molecule has 1 aromatic rings. The first-order valence-electron chi connectivity index (χ1n) is 8.36. The number of hydrogen-bond acceptors (Lipinski definition) is 3. The van der Waals surface area contributed by atoms with Gasteiger partial charge in [-0.15, -0.1) is 0 Å². The molecule has 0 amide bonds.